The monoisotopic (exact) mass is 417 g/mol. The summed E-state index contributed by atoms with van der Waals surface area (Å²) in [5, 5.41) is 3.42. The smallest absolute Gasteiger partial charge is 0.248 e. The Balaban J connectivity index is 1.69. The summed E-state index contributed by atoms with van der Waals surface area (Å²) in [7, 11) is 0. The Morgan fingerprint density at radius 1 is 0.931 bits per heavy atom. The average Bonchev–Trinajstić information content (AvgIpc) is 2.89. The summed E-state index contributed by atoms with van der Waals surface area (Å²) >= 11 is 5.96. The number of carbonyl (C=O) groups is 2. The van der Waals surface area contributed by atoms with E-state index in [9.17, 15) is 18.4 Å². The van der Waals surface area contributed by atoms with Crippen molar-refractivity contribution in [3.63, 3.8) is 0 Å². The molecule has 1 saturated heterocycles. The molecule has 1 aliphatic carbocycles. The second kappa shape index (κ2) is 6.91. The van der Waals surface area contributed by atoms with Crippen LogP contribution in [0.15, 0.2) is 36.4 Å². The van der Waals surface area contributed by atoms with Gasteiger partial charge in [0.2, 0.25) is 11.8 Å². The molecule has 3 nitrogen and oxygen atoms in total. The molecule has 1 spiro atoms. The van der Waals surface area contributed by atoms with Crippen LogP contribution in [-0.2, 0) is 9.59 Å². The van der Waals surface area contributed by atoms with Crippen LogP contribution in [0.2, 0.25) is 5.02 Å². The van der Waals surface area contributed by atoms with Gasteiger partial charge in [-0.3, -0.25) is 9.59 Å². The van der Waals surface area contributed by atoms with Crippen molar-refractivity contribution < 1.29 is 18.4 Å². The predicted molar refractivity (Wildman–Crippen MR) is 108 cm³/mol. The number of Topliss-reactive ketones (excluding diaryl/α,β-unsaturated/α-hetero) is 1. The second-order valence-corrected chi connectivity index (χ2v) is 8.69. The summed E-state index contributed by atoms with van der Waals surface area (Å²) in [6.45, 7) is 3.75. The molecule has 2 aromatic rings. The molecule has 1 saturated carbocycles. The number of carbonyl (C=O) groups excluding carboxylic acids is 2. The Labute approximate surface area is 173 Å². The van der Waals surface area contributed by atoms with Crippen LogP contribution in [0.5, 0.6) is 0 Å². The number of ketones is 1. The molecule has 0 radical (unpaired) electrons. The van der Waals surface area contributed by atoms with Crippen LogP contribution in [-0.4, -0.2) is 23.2 Å². The SMILES string of the molecule is Cc1cc(-c2ccc(Cl)cc2)cc(C)c1C1C(=O)NC2(CCC(F)(F)CC2)C1=O. The lowest BCUT2D eigenvalue weighted by molar-refractivity contribution is -0.128. The Morgan fingerprint density at radius 3 is 2.03 bits per heavy atom. The first-order chi connectivity index (χ1) is 13.6. The average molecular weight is 418 g/mol. The van der Waals surface area contributed by atoms with Gasteiger partial charge in [0.05, 0.1) is 0 Å². The molecule has 4 rings (SSSR count). The minimum Gasteiger partial charge on any atom is -0.343 e. The molecule has 1 aliphatic heterocycles. The van der Waals surface area contributed by atoms with E-state index in [0.717, 1.165) is 22.3 Å². The van der Waals surface area contributed by atoms with Crippen molar-refractivity contribution in [1.82, 2.24) is 5.32 Å². The van der Waals surface area contributed by atoms with Crippen LogP contribution in [0.25, 0.3) is 11.1 Å². The van der Waals surface area contributed by atoms with Gasteiger partial charge in [-0.15, -0.1) is 0 Å². The van der Waals surface area contributed by atoms with E-state index in [1.54, 1.807) is 0 Å². The highest BCUT2D eigenvalue weighted by Crippen LogP contribution is 2.45. The molecule has 29 heavy (non-hydrogen) atoms. The van der Waals surface area contributed by atoms with Crippen LogP contribution >= 0.6 is 11.6 Å². The summed E-state index contributed by atoms with van der Waals surface area (Å²) < 4.78 is 27.2. The van der Waals surface area contributed by atoms with Gasteiger partial charge < -0.3 is 5.32 Å². The second-order valence-electron chi connectivity index (χ2n) is 8.26. The van der Waals surface area contributed by atoms with Gasteiger partial charge in [-0.1, -0.05) is 35.9 Å². The highest BCUT2D eigenvalue weighted by molar-refractivity contribution is 6.30. The fourth-order valence-corrected chi connectivity index (χ4v) is 4.81. The van der Waals surface area contributed by atoms with Crippen LogP contribution in [0.1, 0.15) is 48.3 Å². The van der Waals surface area contributed by atoms with Gasteiger partial charge in [0.25, 0.3) is 0 Å². The van der Waals surface area contributed by atoms with Gasteiger partial charge in [0, 0.05) is 17.9 Å². The molecule has 1 N–H and O–H groups in total. The number of halogens is 3. The fraction of sp³-hybridized carbons (Fsp3) is 0.391. The maximum atomic E-state index is 13.6. The van der Waals surface area contributed by atoms with Gasteiger partial charge >= 0.3 is 0 Å². The lowest BCUT2D eigenvalue weighted by Crippen LogP contribution is -2.51. The Morgan fingerprint density at radius 2 is 1.48 bits per heavy atom. The normalized spacial score (nSPS) is 22.7. The van der Waals surface area contributed by atoms with E-state index in [1.165, 1.54) is 0 Å². The van der Waals surface area contributed by atoms with Crippen molar-refractivity contribution in [2.45, 2.75) is 56.9 Å². The van der Waals surface area contributed by atoms with Gasteiger partial charge in [0.15, 0.2) is 5.78 Å². The van der Waals surface area contributed by atoms with Crippen LogP contribution in [0, 0.1) is 13.8 Å². The molecule has 1 heterocycles. The maximum Gasteiger partial charge on any atom is 0.248 e. The highest BCUT2D eigenvalue weighted by atomic mass is 35.5. The Kier molecular flexibility index (Phi) is 4.77. The van der Waals surface area contributed by atoms with Crippen molar-refractivity contribution in [3.05, 3.63) is 58.1 Å². The first kappa shape index (κ1) is 20.0. The van der Waals surface area contributed by atoms with Crippen molar-refractivity contribution in [2.75, 3.05) is 0 Å². The van der Waals surface area contributed by atoms with Crippen LogP contribution < -0.4 is 5.32 Å². The number of amides is 1. The summed E-state index contributed by atoms with van der Waals surface area (Å²) in [6, 6.07) is 11.4. The quantitative estimate of drug-likeness (QED) is 0.669. The number of nitrogens with one attached hydrogen (secondary N) is 1. The zero-order valence-electron chi connectivity index (χ0n) is 16.3. The summed E-state index contributed by atoms with van der Waals surface area (Å²) in [4.78, 5) is 26.0. The van der Waals surface area contributed by atoms with Crippen LogP contribution in [0.4, 0.5) is 8.78 Å². The number of benzene rings is 2. The molecule has 0 bridgehead atoms. The number of hydrogen-bond acceptors (Lipinski definition) is 2. The van der Waals surface area contributed by atoms with E-state index in [1.807, 2.05) is 50.2 Å². The Hall–Kier alpha value is -2.27. The van der Waals surface area contributed by atoms with Crippen molar-refractivity contribution in [3.8, 4) is 11.1 Å². The van der Waals surface area contributed by atoms with E-state index < -0.39 is 17.4 Å². The maximum absolute atomic E-state index is 13.6. The van der Waals surface area contributed by atoms with Gasteiger partial charge in [-0.25, -0.2) is 8.78 Å². The lowest BCUT2D eigenvalue weighted by atomic mass is 9.74. The third kappa shape index (κ3) is 3.46. The zero-order valence-corrected chi connectivity index (χ0v) is 17.1. The molecule has 2 fully saturated rings. The van der Waals surface area contributed by atoms with Gasteiger partial charge in [-0.2, -0.15) is 0 Å². The van der Waals surface area contributed by atoms with Crippen molar-refractivity contribution in [1.29, 1.82) is 0 Å². The summed E-state index contributed by atoms with van der Waals surface area (Å²) in [6.07, 6.45) is -0.775. The molecule has 6 heteroatoms. The minimum absolute atomic E-state index is 0.0119. The predicted octanol–water partition coefficient (Wildman–Crippen LogP) is 5.35. The van der Waals surface area contributed by atoms with E-state index in [0.29, 0.717) is 10.6 Å². The van der Waals surface area contributed by atoms with Crippen LogP contribution in [0.3, 0.4) is 0 Å². The topological polar surface area (TPSA) is 46.2 Å². The van der Waals surface area contributed by atoms with E-state index in [2.05, 4.69) is 5.32 Å². The third-order valence-electron chi connectivity index (χ3n) is 6.25. The minimum atomic E-state index is -2.76. The lowest BCUT2D eigenvalue weighted by Gasteiger charge is -2.35. The molecule has 2 aromatic carbocycles. The number of hydrogen-bond donors (Lipinski definition) is 1. The standard InChI is InChI=1S/C23H22ClF2NO2/c1-13-11-16(15-3-5-17(24)6-4-15)12-14(2)18(13)19-20(28)22(27-21(19)29)7-9-23(25,26)10-8-22/h3-6,11-12,19H,7-10H2,1-2H3,(H,27,29). The zero-order chi connectivity index (χ0) is 21.0. The number of aryl methyl sites for hydroxylation is 2. The molecule has 152 valence electrons. The Bertz CT molecular complexity index is 967. The van der Waals surface area contributed by atoms with E-state index in [4.69, 9.17) is 11.6 Å². The van der Waals surface area contributed by atoms with Crippen molar-refractivity contribution >= 4 is 23.3 Å². The highest BCUT2D eigenvalue weighted by Gasteiger charge is 2.57. The fourth-order valence-electron chi connectivity index (χ4n) is 4.68. The summed E-state index contributed by atoms with van der Waals surface area (Å²) in [5.74, 6) is -4.37. The largest absolute Gasteiger partial charge is 0.343 e. The van der Waals surface area contributed by atoms with Crippen molar-refractivity contribution in [2.24, 2.45) is 0 Å². The van der Waals surface area contributed by atoms with E-state index >= 15 is 0 Å². The molecule has 2 aliphatic rings. The molecule has 0 aromatic heterocycles. The first-order valence-corrected chi connectivity index (χ1v) is 10.1. The van der Waals surface area contributed by atoms with E-state index in [-0.39, 0.29) is 37.4 Å². The molecular formula is C23H22ClF2NO2. The molecular weight excluding hydrogens is 396 g/mol. The first-order valence-electron chi connectivity index (χ1n) is 9.73. The molecule has 1 amide bonds. The van der Waals surface area contributed by atoms with Gasteiger partial charge in [-0.05, 0) is 66.6 Å². The third-order valence-corrected chi connectivity index (χ3v) is 6.51. The van der Waals surface area contributed by atoms with Gasteiger partial charge in [0.1, 0.15) is 11.5 Å². The number of alkyl halides is 2. The molecule has 1 atom stereocenters. The number of rotatable bonds is 2. The summed E-state index contributed by atoms with van der Waals surface area (Å²) in [5.41, 5.74) is 3.15. The molecule has 1 unspecified atom stereocenters.